The zero-order valence-corrected chi connectivity index (χ0v) is 23.1. The number of nitrogens with zero attached hydrogens (tertiary/aromatic N) is 3. The van der Waals surface area contributed by atoms with Gasteiger partial charge in [0.25, 0.3) is 16.6 Å². The minimum Gasteiger partial charge on any atom is -0.480 e. The number of nitrogens with two attached hydrogens (primary N) is 1. The Hall–Kier alpha value is -5.52. The molecule has 1 atom stereocenters. The summed E-state index contributed by atoms with van der Waals surface area (Å²) in [5.74, 6) is -0.476. The summed E-state index contributed by atoms with van der Waals surface area (Å²) in [5.41, 5.74) is 7.08. The van der Waals surface area contributed by atoms with E-state index in [0.29, 0.717) is 37.0 Å². The summed E-state index contributed by atoms with van der Waals surface area (Å²) in [7, 11) is 1.55. The molecule has 1 unspecified atom stereocenters. The molecule has 0 aliphatic heterocycles. The minimum atomic E-state index is -0.951. The Balaban J connectivity index is 0.000000517. The van der Waals surface area contributed by atoms with E-state index in [-0.39, 0.29) is 37.9 Å². The number of carboxylic acids is 1. The van der Waals surface area contributed by atoms with E-state index in [0.717, 1.165) is 5.56 Å². The SMILES string of the molecule is CNC(CCCN=C(N)NC(=O)Oc1cccc(CCO[N+](=O)[O-])c1)C(=O)O.O=COc1cccc(CCO[N+](=O)[O-])c1. The first kappa shape index (κ1) is 35.5. The normalized spacial score (nSPS) is 11.1. The molecule has 0 saturated carbocycles. The lowest BCUT2D eigenvalue weighted by atomic mass is 10.1. The summed E-state index contributed by atoms with van der Waals surface area (Å²) in [6.07, 6.45) is 0.632. The molecular weight excluding hydrogens is 576 g/mol. The fraction of sp³-hybridized carbons (Fsp3) is 0.360. The average molecular weight is 609 g/mol. The first-order valence-electron chi connectivity index (χ1n) is 12.6. The maximum Gasteiger partial charge on any atom is 0.419 e. The Kier molecular flexibility index (Phi) is 16.8. The zero-order valence-electron chi connectivity index (χ0n) is 23.1. The predicted octanol–water partition coefficient (Wildman–Crippen LogP) is 1.27. The van der Waals surface area contributed by atoms with E-state index in [1.807, 2.05) is 0 Å². The van der Waals surface area contributed by atoms with Crippen LogP contribution < -0.4 is 25.8 Å². The van der Waals surface area contributed by atoms with E-state index in [9.17, 15) is 34.6 Å². The third-order valence-corrected chi connectivity index (χ3v) is 5.18. The quantitative estimate of drug-likeness (QED) is 0.0492. The second-order valence-electron chi connectivity index (χ2n) is 8.23. The van der Waals surface area contributed by atoms with Crippen molar-refractivity contribution >= 4 is 24.5 Å². The number of aliphatic carboxylic acids is 1. The fourth-order valence-electron chi connectivity index (χ4n) is 3.23. The molecule has 0 heterocycles. The largest absolute Gasteiger partial charge is 0.480 e. The number of hydrogen-bond donors (Lipinski definition) is 4. The molecule has 2 aromatic carbocycles. The molecule has 1 amide bonds. The lowest BCUT2D eigenvalue weighted by molar-refractivity contribution is -0.757. The fourth-order valence-corrected chi connectivity index (χ4v) is 3.23. The van der Waals surface area contributed by atoms with E-state index < -0.39 is 28.3 Å². The van der Waals surface area contributed by atoms with Gasteiger partial charge in [0.1, 0.15) is 30.8 Å². The molecule has 0 aliphatic carbocycles. The number of amides is 1. The summed E-state index contributed by atoms with van der Waals surface area (Å²) in [6, 6.07) is 12.4. The van der Waals surface area contributed by atoms with Crippen LogP contribution >= 0.6 is 0 Å². The van der Waals surface area contributed by atoms with E-state index in [1.54, 1.807) is 49.5 Å². The average Bonchev–Trinajstić information content (AvgIpc) is 2.93. The van der Waals surface area contributed by atoms with E-state index >= 15 is 0 Å². The van der Waals surface area contributed by atoms with Crippen LogP contribution in [-0.2, 0) is 32.1 Å². The minimum absolute atomic E-state index is 0.0163. The molecule has 2 rings (SSSR count). The summed E-state index contributed by atoms with van der Waals surface area (Å²) < 4.78 is 9.69. The highest BCUT2D eigenvalue weighted by Gasteiger charge is 2.13. The molecule has 18 heteroatoms. The first-order chi connectivity index (χ1) is 20.5. The molecule has 0 bridgehead atoms. The van der Waals surface area contributed by atoms with Crippen LogP contribution in [0.15, 0.2) is 53.5 Å². The van der Waals surface area contributed by atoms with Crippen molar-refractivity contribution in [3.63, 3.8) is 0 Å². The highest BCUT2D eigenvalue weighted by molar-refractivity contribution is 5.93. The summed E-state index contributed by atoms with van der Waals surface area (Å²) in [4.78, 5) is 65.0. The third-order valence-electron chi connectivity index (χ3n) is 5.18. The number of ether oxygens (including phenoxy) is 2. The lowest BCUT2D eigenvalue weighted by Crippen LogP contribution is -2.39. The molecular formula is C25H32N6O12. The molecule has 5 N–H and O–H groups in total. The van der Waals surface area contributed by atoms with Gasteiger partial charge in [-0.05, 0) is 68.1 Å². The Morgan fingerprint density at radius 2 is 1.58 bits per heavy atom. The maximum absolute atomic E-state index is 11.8. The van der Waals surface area contributed by atoms with Gasteiger partial charge in [-0.2, -0.15) is 0 Å². The van der Waals surface area contributed by atoms with Crippen LogP contribution in [0.1, 0.15) is 24.0 Å². The molecule has 18 nitrogen and oxygen atoms in total. The molecule has 2 aromatic rings. The predicted molar refractivity (Wildman–Crippen MR) is 148 cm³/mol. The van der Waals surface area contributed by atoms with Gasteiger partial charge in [0.2, 0.25) is 0 Å². The van der Waals surface area contributed by atoms with Crippen molar-refractivity contribution in [3.05, 3.63) is 79.9 Å². The number of nitrogens with one attached hydrogen (secondary N) is 2. The van der Waals surface area contributed by atoms with Gasteiger partial charge in [-0.25, -0.2) is 4.79 Å². The molecule has 0 spiro atoms. The number of hydrogen-bond acceptors (Lipinski definition) is 13. The number of likely N-dealkylation sites (N-methyl/N-ethyl adjacent to an activating group) is 1. The molecule has 234 valence electrons. The van der Waals surface area contributed by atoms with Gasteiger partial charge in [-0.15, -0.1) is 20.2 Å². The van der Waals surface area contributed by atoms with Crippen LogP contribution in [0.5, 0.6) is 11.5 Å². The molecule has 0 aromatic heterocycles. The number of carbonyl (C=O) groups is 3. The van der Waals surface area contributed by atoms with Crippen molar-refractivity contribution in [1.82, 2.24) is 10.6 Å². The summed E-state index contributed by atoms with van der Waals surface area (Å²) in [5, 5.41) is 32.1. The van der Waals surface area contributed by atoms with Gasteiger partial charge in [0.05, 0.1) is 0 Å². The third kappa shape index (κ3) is 17.0. The number of benzene rings is 2. The van der Waals surface area contributed by atoms with Crippen molar-refractivity contribution in [3.8, 4) is 11.5 Å². The lowest BCUT2D eigenvalue weighted by Gasteiger charge is -2.10. The van der Waals surface area contributed by atoms with Crippen LogP contribution in [0.2, 0.25) is 0 Å². The topological polar surface area (TPSA) is 257 Å². The first-order valence-corrected chi connectivity index (χ1v) is 12.6. The monoisotopic (exact) mass is 608 g/mol. The van der Waals surface area contributed by atoms with E-state index in [2.05, 4.69) is 30.0 Å². The molecule has 0 radical (unpaired) electrons. The van der Waals surface area contributed by atoms with Gasteiger partial charge in [0, 0.05) is 6.54 Å². The number of guanidine groups is 1. The van der Waals surface area contributed by atoms with Gasteiger partial charge in [0.15, 0.2) is 5.96 Å². The maximum atomic E-state index is 11.8. The second-order valence-corrected chi connectivity index (χ2v) is 8.23. The standard InChI is InChI=1S/C16H23N5O7.C9H9NO5/c1-18-13(14(22)23)6-3-8-19-15(17)20-16(24)28-12-5-2-4-11(10-12)7-9-27-21(25)26;11-7-14-9-3-1-2-8(6-9)4-5-15-10(12)13/h2,4-5,10,13,18H,3,6-9H2,1H3,(H,22,23)(H3,17,19,20,24);1-3,6-7H,4-5H2. The van der Waals surface area contributed by atoms with Crippen molar-refractivity contribution in [2.75, 3.05) is 26.8 Å². The van der Waals surface area contributed by atoms with E-state index in [1.165, 1.54) is 6.07 Å². The molecule has 0 fully saturated rings. The van der Waals surface area contributed by atoms with Gasteiger partial charge >= 0.3 is 12.1 Å². The van der Waals surface area contributed by atoms with E-state index in [4.69, 9.17) is 15.6 Å². The zero-order chi connectivity index (χ0) is 32.0. The highest BCUT2D eigenvalue weighted by Crippen LogP contribution is 2.14. The Morgan fingerprint density at radius 3 is 2.09 bits per heavy atom. The van der Waals surface area contributed by atoms with Crippen molar-refractivity contribution in [2.24, 2.45) is 10.7 Å². The summed E-state index contributed by atoms with van der Waals surface area (Å²) >= 11 is 0. The Labute approximate surface area is 245 Å². The van der Waals surface area contributed by atoms with Crippen molar-refractivity contribution in [2.45, 2.75) is 31.7 Å². The van der Waals surface area contributed by atoms with Crippen LogP contribution in [0.25, 0.3) is 0 Å². The smallest absolute Gasteiger partial charge is 0.419 e. The van der Waals surface area contributed by atoms with Gasteiger partial charge in [-0.3, -0.25) is 19.9 Å². The van der Waals surface area contributed by atoms with Crippen LogP contribution in [-0.4, -0.2) is 72.6 Å². The molecule has 43 heavy (non-hydrogen) atoms. The van der Waals surface area contributed by atoms with Gasteiger partial charge < -0.3 is 35.3 Å². The van der Waals surface area contributed by atoms with Crippen LogP contribution in [0.3, 0.4) is 0 Å². The second kappa shape index (κ2) is 20.4. The Morgan fingerprint density at radius 1 is 1.02 bits per heavy atom. The van der Waals surface area contributed by atoms with Crippen LogP contribution in [0, 0.1) is 20.2 Å². The van der Waals surface area contributed by atoms with Crippen molar-refractivity contribution in [1.29, 1.82) is 0 Å². The molecule has 0 aliphatic rings. The van der Waals surface area contributed by atoms with Gasteiger partial charge in [-0.1, -0.05) is 24.3 Å². The number of carbonyl (C=O) groups excluding carboxylic acids is 2. The molecule has 0 saturated heterocycles. The number of rotatable bonds is 17. The highest BCUT2D eigenvalue weighted by atomic mass is 17.0. The summed E-state index contributed by atoms with van der Waals surface area (Å²) in [6.45, 7) is 0.437. The van der Waals surface area contributed by atoms with Crippen LogP contribution in [0.4, 0.5) is 4.79 Å². The number of carboxylic acid groups (broad SMARTS) is 1. The number of aliphatic imine (C=N–C) groups is 1. The Bertz CT molecular complexity index is 1240. The van der Waals surface area contributed by atoms with Crippen molar-refractivity contribution < 1.29 is 48.8 Å².